The Balaban J connectivity index is 1.46. The highest BCUT2D eigenvalue weighted by molar-refractivity contribution is 5.94. The minimum Gasteiger partial charge on any atom is -0.490 e. The number of hydrogen-bond donors (Lipinski definition) is 1. The van der Waals surface area contributed by atoms with Crippen molar-refractivity contribution >= 4 is 11.6 Å². The Hall–Kier alpha value is -3.47. The Morgan fingerprint density at radius 2 is 1.36 bits per heavy atom. The molecular weight excluding hydrogens is 354 g/mol. The highest BCUT2D eigenvalue weighted by atomic mass is 16.5. The van der Waals surface area contributed by atoms with Gasteiger partial charge in [0, 0.05) is 11.8 Å². The molecule has 0 saturated carbocycles. The van der Waals surface area contributed by atoms with Crippen LogP contribution < -0.4 is 19.5 Å². The molecule has 1 atom stereocenters. The molecule has 144 valence electrons. The van der Waals surface area contributed by atoms with Crippen molar-refractivity contribution in [3.8, 4) is 17.2 Å². The van der Waals surface area contributed by atoms with E-state index < -0.39 is 6.10 Å². The fourth-order valence-corrected chi connectivity index (χ4v) is 2.50. The Morgan fingerprint density at radius 1 is 0.786 bits per heavy atom. The van der Waals surface area contributed by atoms with Crippen LogP contribution in [0.1, 0.15) is 6.92 Å². The van der Waals surface area contributed by atoms with Gasteiger partial charge in [-0.2, -0.15) is 0 Å². The lowest BCUT2D eigenvalue weighted by Gasteiger charge is -2.15. The number of amides is 1. The fourth-order valence-electron chi connectivity index (χ4n) is 2.50. The molecule has 5 heteroatoms. The Bertz CT molecular complexity index is 868. The van der Waals surface area contributed by atoms with E-state index in [-0.39, 0.29) is 5.91 Å². The summed E-state index contributed by atoms with van der Waals surface area (Å²) in [6, 6.07) is 26.1. The van der Waals surface area contributed by atoms with Gasteiger partial charge in [-0.15, -0.1) is 0 Å². The van der Waals surface area contributed by atoms with Gasteiger partial charge in [-0.05, 0) is 43.3 Å². The predicted octanol–water partition coefficient (Wildman–Crippen LogP) is 4.55. The molecular formula is C23H23NO4. The van der Waals surface area contributed by atoms with E-state index in [0.717, 1.165) is 5.75 Å². The lowest BCUT2D eigenvalue weighted by molar-refractivity contribution is -0.122. The first-order valence-electron chi connectivity index (χ1n) is 9.14. The van der Waals surface area contributed by atoms with Crippen molar-refractivity contribution in [1.29, 1.82) is 0 Å². The minimum atomic E-state index is -0.619. The van der Waals surface area contributed by atoms with Gasteiger partial charge >= 0.3 is 0 Å². The van der Waals surface area contributed by atoms with Crippen LogP contribution >= 0.6 is 0 Å². The topological polar surface area (TPSA) is 56.8 Å². The normalized spacial score (nSPS) is 11.3. The van der Waals surface area contributed by atoms with Crippen LogP contribution in [0.5, 0.6) is 17.2 Å². The third-order valence-electron chi connectivity index (χ3n) is 3.89. The average molecular weight is 377 g/mol. The smallest absolute Gasteiger partial charge is 0.265 e. The van der Waals surface area contributed by atoms with Gasteiger partial charge in [-0.1, -0.05) is 42.5 Å². The summed E-state index contributed by atoms with van der Waals surface area (Å²) in [4.78, 5) is 12.3. The van der Waals surface area contributed by atoms with Crippen LogP contribution in [0.25, 0.3) is 0 Å². The van der Waals surface area contributed by atoms with Crippen molar-refractivity contribution in [3.63, 3.8) is 0 Å². The summed E-state index contributed by atoms with van der Waals surface area (Å²) in [6.07, 6.45) is -0.619. The van der Waals surface area contributed by atoms with E-state index >= 15 is 0 Å². The molecule has 0 spiro atoms. The second-order valence-corrected chi connectivity index (χ2v) is 6.10. The van der Waals surface area contributed by atoms with Crippen molar-refractivity contribution in [1.82, 2.24) is 0 Å². The molecule has 0 radical (unpaired) electrons. The highest BCUT2D eigenvalue weighted by Crippen LogP contribution is 2.18. The van der Waals surface area contributed by atoms with E-state index in [1.165, 1.54) is 0 Å². The van der Waals surface area contributed by atoms with E-state index in [2.05, 4.69) is 5.32 Å². The van der Waals surface area contributed by atoms with E-state index in [9.17, 15) is 4.79 Å². The van der Waals surface area contributed by atoms with Crippen molar-refractivity contribution in [2.45, 2.75) is 13.0 Å². The van der Waals surface area contributed by atoms with Gasteiger partial charge in [-0.3, -0.25) is 4.79 Å². The molecule has 1 amide bonds. The number of nitrogens with one attached hydrogen (secondary N) is 1. The molecule has 5 nitrogen and oxygen atoms in total. The minimum absolute atomic E-state index is 0.228. The molecule has 1 N–H and O–H groups in total. The Labute approximate surface area is 164 Å². The van der Waals surface area contributed by atoms with Crippen molar-refractivity contribution < 1.29 is 19.0 Å². The molecule has 0 aliphatic rings. The van der Waals surface area contributed by atoms with Gasteiger partial charge in [0.2, 0.25) is 0 Å². The lowest BCUT2D eigenvalue weighted by Crippen LogP contribution is -2.30. The largest absolute Gasteiger partial charge is 0.490 e. The second-order valence-electron chi connectivity index (χ2n) is 6.10. The van der Waals surface area contributed by atoms with Gasteiger partial charge in [0.25, 0.3) is 5.91 Å². The number of benzene rings is 3. The van der Waals surface area contributed by atoms with Crippen LogP contribution in [0.4, 0.5) is 5.69 Å². The number of para-hydroxylation sites is 2. The van der Waals surface area contributed by atoms with E-state index in [0.29, 0.717) is 30.4 Å². The van der Waals surface area contributed by atoms with Crippen molar-refractivity contribution in [2.24, 2.45) is 0 Å². The summed E-state index contributed by atoms with van der Waals surface area (Å²) in [5.74, 6) is 1.89. The summed E-state index contributed by atoms with van der Waals surface area (Å²) >= 11 is 0. The Morgan fingerprint density at radius 3 is 2.04 bits per heavy atom. The summed E-state index contributed by atoms with van der Waals surface area (Å²) in [5.41, 5.74) is 0.648. The fraction of sp³-hybridized carbons (Fsp3) is 0.174. The van der Waals surface area contributed by atoms with Crippen molar-refractivity contribution in [3.05, 3.63) is 84.9 Å². The van der Waals surface area contributed by atoms with Crippen LogP contribution in [0.15, 0.2) is 84.9 Å². The van der Waals surface area contributed by atoms with Gasteiger partial charge < -0.3 is 19.5 Å². The Kier molecular flexibility index (Phi) is 6.90. The predicted molar refractivity (Wildman–Crippen MR) is 109 cm³/mol. The van der Waals surface area contributed by atoms with Crippen LogP contribution in [-0.4, -0.2) is 25.2 Å². The first kappa shape index (κ1) is 19.3. The molecule has 1 unspecified atom stereocenters. The number of anilines is 1. The number of ether oxygens (including phenoxy) is 3. The molecule has 3 aromatic carbocycles. The monoisotopic (exact) mass is 377 g/mol. The van der Waals surface area contributed by atoms with Gasteiger partial charge in [-0.25, -0.2) is 0 Å². The van der Waals surface area contributed by atoms with Gasteiger partial charge in [0.15, 0.2) is 6.10 Å². The van der Waals surface area contributed by atoms with Crippen LogP contribution in [-0.2, 0) is 4.79 Å². The molecule has 3 aromatic rings. The SMILES string of the molecule is CC(Oc1ccccc1)C(=O)Nc1cccc(OCCOc2ccccc2)c1. The molecule has 0 heterocycles. The van der Waals surface area contributed by atoms with Gasteiger partial charge in [0.05, 0.1) is 0 Å². The maximum atomic E-state index is 12.3. The zero-order valence-electron chi connectivity index (χ0n) is 15.7. The zero-order chi connectivity index (χ0) is 19.6. The number of carbonyl (C=O) groups is 1. The molecule has 0 fully saturated rings. The third kappa shape index (κ3) is 6.06. The first-order chi connectivity index (χ1) is 13.7. The molecule has 28 heavy (non-hydrogen) atoms. The molecule has 0 aliphatic heterocycles. The third-order valence-corrected chi connectivity index (χ3v) is 3.89. The van der Waals surface area contributed by atoms with Crippen LogP contribution in [0, 0.1) is 0 Å². The quantitative estimate of drug-likeness (QED) is 0.556. The van der Waals surface area contributed by atoms with E-state index in [1.54, 1.807) is 19.1 Å². The standard InChI is InChI=1S/C23H23NO4/c1-18(28-21-12-6-3-7-13-21)23(25)24-19-9-8-14-22(17-19)27-16-15-26-20-10-4-2-5-11-20/h2-14,17-18H,15-16H2,1H3,(H,24,25). The van der Waals surface area contributed by atoms with Crippen LogP contribution in [0.3, 0.4) is 0 Å². The summed E-state index contributed by atoms with van der Waals surface area (Å²) < 4.78 is 16.9. The number of hydrogen-bond acceptors (Lipinski definition) is 4. The molecule has 0 aliphatic carbocycles. The van der Waals surface area contributed by atoms with Crippen molar-refractivity contribution in [2.75, 3.05) is 18.5 Å². The second kappa shape index (κ2) is 10.0. The maximum Gasteiger partial charge on any atom is 0.265 e. The molecule has 0 aromatic heterocycles. The first-order valence-corrected chi connectivity index (χ1v) is 9.14. The number of rotatable bonds is 9. The van der Waals surface area contributed by atoms with Crippen LogP contribution in [0.2, 0.25) is 0 Å². The summed E-state index contributed by atoms with van der Waals surface area (Å²) in [7, 11) is 0. The molecule has 0 saturated heterocycles. The summed E-state index contributed by atoms with van der Waals surface area (Å²) in [6.45, 7) is 2.55. The van der Waals surface area contributed by atoms with E-state index in [1.807, 2.05) is 72.8 Å². The summed E-state index contributed by atoms with van der Waals surface area (Å²) in [5, 5.41) is 2.84. The van der Waals surface area contributed by atoms with E-state index in [4.69, 9.17) is 14.2 Å². The lowest BCUT2D eigenvalue weighted by atomic mass is 10.2. The zero-order valence-corrected chi connectivity index (χ0v) is 15.7. The van der Waals surface area contributed by atoms with Gasteiger partial charge in [0.1, 0.15) is 30.5 Å². The molecule has 0 bridgehead atoms. The molecule has 3 rings (SSSR count). The maximum absolute atomic E-state index is 12.3. The number of carbonyl (C=O) groups excluding carboxylic acids is 1. The average Bonchev–Trinajstić information content (AvgIpc) is 2.73. The highest BCUT2D eigenvalue weighted by Gasteiger charge is 2.15.